The van der Waals surface area contributed by atoms with Crippen LogP contribution < -0.4 is 15.2 Å². The van der Waals surface area contributed by atoms with Crippen LogP contribution in [0.2, 0.25) is 10.0 Å². The van der Waals surface area contributed by atoms with Gasteiger partial charge in [-0.1, -0.05) is 35.3 Å². The summed E-state index contributed by atoms with van der Waals surface area (Å²) in [5.74, 6) is 1.05. The van der Waals surface area contributed by atoms with Crippen molar-refractivity contribution in [2.45, 2.75) is 18.6 Å². The molecule has 0 saturated carbocycles. The fourth-order valence-electron chi connectivity index (χ4n) is 2.28. The molecule has 2 aromatic carbocycles. The van der Waals surface area contributed by atoms with E-state index in [4.69, 9.17) is 50.0 Å². The number of benzene rings is 2. The minimum absolute atomic E-state index is 0.0165. The van der Waals surface area contributed by atoms with Crippen LogP contribution in [-0.2, 0) is 6.42 Å². The number of nitrogens with two attached hydrogens (primary N) is 1. The Kier molecular flexibility index (Phi) is 8.96. The predicted octanol–water partition coefficient (Wildman–Crippen LogP) is 3.26. The van der Waals surface area contributed by atoms with Gasteiger partial charge in [0.2, 0.25) is 0 Å². The second kappa shape index (κ2) is 11.0. The second-order valence-electron chi connectivity index (χ2n) is 6.03. The van der Waals surface area contributed by atoms with Crippen molar-refractivity contribution in [1.82, 2.24) is 0 Å². The van der Waals surface area contributed by atoms with E-state index in [1.54, 1.807) is 12.1 Å². The summed E-state index contributed by atoms with van der Waals surface area (Å²) < 4.78 is 10.9. The third kappa shape index (κ3) is 7.03. The number of ether oxygens (including phenoxy) is 2. The molecule has 27 heavy (non-hydrogen) atoms. The van der Waals surface area contributed by atoms with Crippen LogP contribution in [-0.4, -0.2) is 48.1 Å². The van der Waals surface area contributed by atoms with Gasteiger partial charge in [-0.05, 0) is 41.8 Å². The lowest BCUT2D eigenvalue weighted by atomic mass is 10.0. The molecule has 0 fully saturated rings. The summed E-state index contributed by atoms with van der Waals surface area (Å²) in [4.78, 5) is 0. The van der Waals surface area contributed by atoms with Gasteiger partial charge < -0.3 is 25.4 Å². The van der Waals surface area contributed by atoms with E-state index >= 15 is 0 Å². The van der Waals surface area contributed by atoms with Crippen molar-refractivity contribution < 1.29 is 19.7 Å². The van der Waals surface area contributed by atoms with Crippen LogP contribution >= 0.6 is 34.8 Å². The molecule has 2 atom stereocenters. The van der Waals surface area contributed by atoms with Crippen molar-refractivity contribution in [3.8, 4) is 11.5 Å². The molecule has 0 aliphatic rings. The van der Waals surface area contributed by atoms with Crippen molar-refractivity contribution in [1.29, 1.82) is 0 Å². The molecule has 2 aromatic rings. The summed E-state index contributed by atoms with van der Waals surface area (Å²) in [5.41, 5.74) is 7.30. The SMILES string of the molecule is NC[C@H](O)COc1ccc(Cc2cc(Cl)c(OC[C@H](O)CCl)c(Cl)c2)cc1. The highest BCUT2D eigenvalue weighted by Gasteiger charge is 2.12. The summed E-state index contributed by atoms with van der Waals surface area (Å²) in [6.07, 6.45) is -0.846. The van der Waals surface area contributed by atoms with Gasteiger partial charge >= 0.3 is 0 Å². The number of hydrogen-bond acceptors (Lipinski definition) is 5. The van der Waals surface area contributed by atoms with E-state index in [0.29, 0.717) is 28.0 Å². The lowest BCUT2D eigenvalue weighted by Gasteiger charge is -2.14. The van der Waals surface area contributed by atoms with E-state index in [2.05, 4.69) is 0 Å². The lowest BCUT2D eigenvalue weighted by Crippen LogP contribution is -2.26. The van der Waals surface area contributed by atoms with Gasteiger partial charge in [0.25, 0.3) is 0 Å². The molecule has 0 aliphatic heterocycles. The molecule has 0 saturated heterocycles. The summed E-state index contributed by atoms with van der Waals surface area (Å²) in [5, 5.41) is 19.6. The third-order valence-corrected chi connectivity index (χ3v) is 4.62. The Bertz CT molecular complexity index is 704. The Hall–Kier alpha value is -1.21. The number of hydrogen-bond donors (Lipinski definition) is 3. The van der Waals surface area contributed by atoms with Gasteiger partial charge in [0, 0.05) is 6.54 Å². The molecule has 0 aromatic heterocycles. The summed E-state index contributed by atoms with van der Waals surface area (Å²) in [6, 6.07) is 11.1. The van der Waals surface area contributed by atoms with E-state index in [1.807, 2.05) is 24.3 Å². The molecule has 0 bridgehead atoms. The zero-order chi connectivity index (χ0) is 19.8. The predicted molar refractivity (Wildman–Crippen MR) is 108 cm³/mol. The first-order chi connectivity index (χ1) is 12.9. The lowest BCUT2D eigenvalue weighted by molar-refractivity contribution is 0.114. The van der Waals surface area contributed by atoms with Crippen molar-refractivity contribution >= 4 is 34.8 Å². The standard InChI is InChI=1S/C19H22Cl3NO4/c20-8-14(24)10-27-19-17(21)6-13(7-18(19)22)5-12-1-3-16(4-2-12)26-11-15(25)9-23/h1-4,6-7,14-15,24-25H,5,8-11,23H2/t14-,15+/m1/s1. The van der Waals surface area contributed by atoms with Crippen LogP contribution in [0.25, 0.3) is 0 Å². The van der Waals surface area contributed by atoms with Crippen LogP contribution in [0.5, 0.6) is 11.5 Å². The van der Waals surface area contributed by atoms with E-state index < -0.39 is 12.2 Å². The van der Waals surface area contributed by atoms with E-state index in [0.717, 1.165) is 11.1 Å². The molecule has 148 valence electrons. The maximum absolute atomic E-state index is 9.48. The van der Waals surface area contributed by atoms with E-state index in [-0.39, 0.29) is 25.6 Å². The third-order valence-electron chi connectivity index (χ3n) is 3.70. The minimum atomic E-state index is -0.787. The average molecular weight is 435 g/mol. The highest BCUT2D eigenvalue weighted by Crippen LogP contribution is 2.35. The van der Waals surface area contributed by atoms with Crippen LogP contribution in [0.4, 0.5) is 0 Å². The summed E-state index contributed by atoms with van der Waals surface area (Å²) in [7, 11) is 0. The molecule has 0 aliphatic carbocycles. The van der Waals surface area contributed by atoms with Gasteiger partial charge in [0.15, 0.2) is 5.75 Å². The average Bonchev–Trinajstić information content (AvgIpc) is 2.66. The number of alkyl halides is 1. The topological polar surface area (TPSA) is 84.9 Å². The first-order valence-corrected chi connectivity index (χ1v) is 9.66. The van der Waals surface area contributed by atoms with E-state index in [9.17, 15) is 10.2 Å². The van der Waals surface area contributed by atoms with Gasteiger partial charge in [0.05, 0.1) is 15.9 Å². The van der Waals surface area contributed by atoms with Gasteiger partial charge in [-0.25, -0.2) is 0 Å². The summed E-state index contributed by atoms with van der Waals surface area (Å²) >= 11 is 18.1. The Balaban J connectivity index is 2.00. The van der Waals surface area contributed by atoms with Gasteiger partial charge in [-0.15, -0.1) is 11.6 Å². The Morgan fingerprint density at radius 1 is 0.889 bits per heavy atom. The molecule has 0 unspecified atom stereocenters. The molecule has 0 amide bonds. The Morgan fingerprint density at radius 2 is 1.48 bits per heavy atom. The summed E-state index contributed by atoms with van der Waals surface area (Å²) in [6.45, 7) is 0.327. The Morgan fingerprint density at radius 3 is 2.04 bits per heavy atom. The highest BCUT2D eigenvalue weighted by atomic mass is 35.5. The monoisotopic (exact) mass is 433 g/mol. The van der Waals surface area contributed by atoms with Crippen molar-refractivity contribution in [3.63, 3.8) is 0 Å². The van der Waals surface area contributed by atoms with Gasteiger partial charge in [0.1, 0.15) is 31.2 Å². The molecule has 0 radical (unpaired) electrons. The van der Waals surface area contributed by atoms with Crippen molar-refractivity contribution in [2.75, 3.05) is 25.6 Å². The molecule has 0 heterocycles. The molecular weight excluding hydrogens is 413 g/mol. The molecule has 2 rings (SSSR count). The fraction of sp³-hybridized carbons (Fsp3) is 0.368. The zero-order valence-electron chi connectivity index (χ0n) is 14.6. The smallest absolute Gasteiger partial charge is 0.156 e. The molecule has 5 nitrogen and oxygen atoms in total. The number of halogens is 3. The van der Waals surface area contributed by atoms with Crippen molar-refractivity contribution in [2.24, 2.45) is 5.73 Å². The maximum atomic E-state index is 9.48. The fourth-order valence-corrected chi connectivity index (χ4v) is 3.01. The number of rotatable bonds is 10. The first kappa shape index (κ1) is 22.1. The van der Waals surface area contributed by atoms with E-state index in [1.165, 1.54) is 0 Å². The quantitative estimate of drug-likeness (QED) is 0.500. The molecule has 4 N–H and O–H groups in total. The largest absolute Gasteiger partial charge is 0.491 e. The van der Waals surface area contributed by atoms with Crippen LogP contribution in [0.1, 0.15) is 11.1 Å². The number of aliphatic hydroxyl groups is 2. The molecule has 8 heteroatoms. The minimum Gasteiger partial charge on any atom is -0.491 e. The van der Waals surface area contributed by atoms with Crippen LogP contribution in [0, 0.1) is 0 Å². The molecule has 0 spiro atoms. The van der Waals surface area contributed by atoms with Crippen molar-refractivity contribution in [3.05, 3.63) is 57.6 Å². The Labute approximate surface area is 173 Å². The normalized spacial score (nSPS) is 13.3. The van der Waals surface area contributed by atoms with Gasteiger partial charge in [-0.3, -0.25) is 0 Å². The highest BCUT2D eigenvalue weighted by molar-refractivity contribution is 6.37. The van der Waals surface area contributed by atoms with Gasteiger partial charge in [-0.2, -0.15) is 0 Å². The zero-order valence-corrected chi connectivity index (χ0v) is 16.8. The first-order valence-electron chi connectivity index (χ1n) is 8.37. The molecular formula is C19H22Cl3NO4. The maximum Gasteiger partial charge on any atom is 0.156 e. The van der Waals surface area contributed by atoms with Crippen LogP contribution in [0.3, 0.4) is 0 Å². The van der Waals surface area contributed by atoms with Crippen LogP contribution in [0.15, 0.2) is 36.4 Å². The number of aliphatic hydroxyl groups excluding tert-OH is 2. The second-order valence-corrected chi connectivity index (χ2v) is 7.15.